The van der Waals surface area contributed by atoms with E-state index in [0.29, 0.717) is 4.90 Å². The van der Waals surface area contributed by atoms with E-state index in [2.05, 4.69) is 0 Å². The zero-order valence-electron chi connectivity index (χ0n) is 8.19. The average Bonchev–Trinajstić information content (AvgIpc) is 2.18. The third kappa shape index (κ3) is 3.68. The zero-order chi connectivity index (χ0) is 11.4. The van der Waals surface area contributed by atoms with Crippen molar-refractivity contribution < 1.29 is 18.1 Å². The maximum absolute atomic E-state index is 12.0. The first-order chi connectivity index (χ1) is 7.00. The van der Waals surface area contributed by atoms with Crippen molar-refractivity contribution in [2.75, 3.05) is 5.75 Å². The lowest BCUT2D eigenvalue weighted by Crippen LogP contribution is -2.24. The summed E-state index contributed by atoms with van der Waals surface area (Å²) >= 11 is 0. The predicted octanol–water partition coefficient (Wildman–Crippen LogP) is 1.73. The number of aryl methyl sites for hydroxylation is 1. The Morgan fingerprint density at radius 3 is 2.33 bits per heavy atom. The van der Waals surface area contributed by atoms with Gasteiger partial charge in [-0.1, -0.05) is 17.7 Å². The Kier molecular flexibility index (Phi) is 4.35. The standard InChI is InChI=1S/C10H12F2O2S/c1-7-2-4-8(5-3-7)15(14)6-9(13)10(11)12/h2-5,9-10,13H,6H2,1H3/t9-,15?/m0/s1. The molecule has 0 aliphatic heterocycles. The van der Waals surface area contributed by atoms with Crippen molar-refractivity contribution in [2.45, 2.75) is 24.3 Å². The van der Waals surface area contributed by atoms with E-state index in [0.717, 1.165) is 5.56 Å². The molecule has 1 rings (SSSR count). The van der Waals surface area contributed by atoms with Crippen molar-refractivity contribution in [3.05, 3.63) is 29.8 Å². The van der Waals surface area contributed by atoms with Crippen molar-refractivity contribution >= 4 is 10.8 Å². The van der Waals surface area contributed by atoms with Crippen LogP contribution in [0.15, 0.2) is 29.2 Å². The SMILES string of the molecule is Cc1ccc(S(=O)C[C@H](O)C(F)F)cc1. The summed E-state index contributed by atoms with van der Waals surface area (Å²) in [7, 11) is -1.57. The van der Waals surface area contributed by atoms with E-state index in [9.17, 15) is 13.0 Å². The van der Waals surface area contributed by atoms with Gasteiger partial charge < -0.3 is 5.11 Å². The fourth-order valence-electron chi connectivity index (χ4n) is 1.01. The van der Waals surface area contributed by atoms with Gasteiger partial charge in [0.1, 0.15) is 6.10 Å². The van der Waals surface area contributed by atoms with Crippen LogP contribution in [0.3, 0.4) is 0 Å². The van der Waals surface area contributed by atoms with E-state index in [1.165, 1.54) is 0 Å². The van der Waals surface area contributed by atoms with Crippen LogP contribution in [-0.4, -0.2) is 27.6 Å². The normalized spacial score (nSPS) is 15.3. The minimum atomic E-state index is -2.85. The summed E-state index contributed by atoms with van der Waals surface area (Å²) in [5.41, 5.74) is 1.00. The lowest BCUT2D eigenvalue weighted by Gasteiger charge is -2.08. The van der Waals surface area contributed by atoms with Crippen LogP contribution < -0.4 is 0 Å². The summed E-state index contributed by atoms with van der Waals surface area (Å²) in [6.07, 6.45) is -4.67. The van der Waals surface area contributed by atoms with Crippen LogP contribution in [0.2, 0.25) is 0 Å². The zero-order valence-corrected chi connectivity index (χ0v) is 9.01. The van der Waals surface area contributed by atoms with Gasteiger partial charge in [0.25, 0.3) is 6.43 Å². The monoisotopic (exact) mass is 234 g/mol. The highest BCUT2D eigenvalue weighted by molar-refractivity contribution is 7.85. The number of rotatable bonds is 4. The summed E-state index contributed by atoms with van der Waals surface area (Å²) in [4.78, 5) is 0.459. The number of hydrogen-bond donors (Lipinski definition) is 1. The third-order valence-corrected chi connectivity index (χ3v) is 3.34. The molecule has 0 amide bonds. The average molecular weight is 234 g/mol. The van der Waals surface area contributed by atoms with E-state index in [1.54, 1.807) is 24.3 Å². The molecule has 0 saturated carbocycles. The van der Waals surface area contributed by atoms with Gasteiger partial charge in [-0.2, -0.15) is 0 Å². The molecule has 2 atom stereocenters. The number of aliphatic hydroxyl groups excluding tert-OH is 1. The second-order valence-corrected chi connectivity index (χ2v) is 4.72. The van der Waals surface area contributed by atoms with Crippen LogP contribution in [0.4, 0.5) is 8.78 Å². The molecule has 0 radical (unpaired) electrons. The van der Waals surface area contributed by atoms with Gasteiger partial charge in [0, 0.05) is 4.90 Å². The molecule has 0 saturated heterocycles. The van der Waals surface area contributed by atoms with Gasteiger partial charge in [-0.25, -0.2) is 8.78 Å². The smallest absolute Gasteiger partial charge is 0.264 e. The number of halogens is 2. The molecule has 2 nitrogen and oxygen atoms in total. The van der Waals surface area contributed by atoms with Gasteiger partial charge >= 0.3 is 0 Å². The van der Waals surface area contributed by atoms with Crippen LogP contribution in [-0.2, 0) is 10.8 Å². The Morgan fingerprint density at radius 2 is 1.87 bits per heavy atom. The van der Waals surface area contributed by atoms with E-state index in [-0.39, 0.29) is 0 Å². The minimum Gasteiger partial charge on any atom is -0.386 e. The van der Waals surface area contributed by atoms with E-state index >= 15 is 0 Å². The van der Waals surface area contributed by atoms with Crippen molar-refractivity contribution in [1.29, 1.82) is 0 Å². The molecule has 1 aromatic rings. The van der Waals surface area contributed by atoms with Crippen LogP contribution in [0, 0.1) is 6.92 Å². The molecule has 0 aromatic heterocycles. The molecule has 0 aliphatic rings. The molecule has 0 bridgehead atoms. The maximum atomic E-state index is 12.0. The van der Waals surface area contributed by atoms with E-state index < -0.39 is 29.1 Å². The Bertz CT molecular complexity index is 338. The number of alkyl halides is 2. The van der Waals surface area contributed by atoms with E-state index in [1.807, 2.05) is 6.92 Å². The Morgan fingerprint density at radius 1 is 1.33 bits per heavy atom. The van der Waals surface area contributed by atoms with Gasteiger partial charge in [-0.3, -0.25) is 4.21 Å². The topological polar surface area (TPSA) is 37.3 Å². The summed E-state index contributed by atoms with van der Waals surface area (Å²) in [6.45, 7) is 1.88. The highest BCUT2D eigenvalue weighted by Crippen LogP contribution is 2.11. The first kappa shape index (κ1) is 12.3. The second kappa shape index (κ2) is 5.32. The van der Waals surface area contributed by atoms with Gasteiger partial charge in [0.05, 0.1) is 16.6 Å². The summed E-state index contributed by atoms with van der Waals surface area (Å²) in [5.74, 6) is -0.430. The van der Waals surface area contributed by atoms with Crippen molar-refractivity contribution in [3.8, 4) is 0 Å². The molecular weight excluding hydrogens is 222 g/mol. The minimum absolute atomic E-state index is 0.430. The van der Waals surface area contributed by atoms with Crippen LogP contribution >= 0.6 is 0 Å². The molecule has 1 unspecified atom stereocenters. The molecule has 0 aliphatic carbocycles. The van der Waals surface area contributed by atoms with Crippen molar-refractivity contribution in [2.24, 2.45) is 0 Å². The van der Waals surface area contributed by atoms with E-state index in [4.69, 9.17) is 5.11 Å². The molecule has 1 aromatic carbocycles. The largest absolute Gasteiger partial charge is 0.386 e. The lowest BCUT2D eigenvalue weighted by molar-refractivity contribution is 0.00958. The summed E-state index contributed by atoms with van der Waals surface area (Å²) < 4.78 is 35.5. The van der Waals surface area contributed by atoms with Gasteiger partial charge in [-0.05, 0) is 19.1 Å². The van der Waals surface area contributed by atoms with Gasteiger partial charge in [0.2, 0.25) is 0 Å². The van der Waals surface area contributed by atoms with Crippen LogP contribution in [0.25, 0.3) is 0 Å². The molecule has 0 heterocycles. The number of hydrogen-bond acceptors (Lipinski definition) is 2. The molecule has 5 heteroatoms. The molecule has 0 spiro atoms. The number of aliphatic hydroxyl groups is 1. The third-order valence-electron chi connectivity index (χ3n) is 1.90. The highest BCUT2D eigenvalue weighted by Gasteiger charge is 2.20. The van der Waals surface area contributed by atoms with Crippen molar-refractivity contribution in [1.82, 2.24) is 0 Å². The lowest BCUT2D eigenvalue weighted by atomic mass is 10.2. The second-order valence-electron chi connectivity index (χ2n) is 3.23. The predicted molar refractivity (Wildman–Crippen MR) is 54.5 cm³/mol. The van der Waals surface area contributed by atoms with Crippen LogP contribution in [0.5, 0.6) is 0 Å². The highest BCUT2D eigenvalue weighted by atomic mass is 32.2. The van der Waals surface area contributed by atoms with Gasteiger partial charge in [-0.15, -0.1) is 0 Å². The Labute approximate surface area is 89.4 Å². The van der Waals surface area contributed by atoms with Crippen molar-refractivity contribution in [3.63, 3.8) is 0 Å². The molecule has 0 fully saturated rings. The Balaban J connectivity index is 2.65. The van der Waals surface area contributed by atoms with Gasteiger partial charge in [0.15, 0.2) is 0 Å². The Hall–Kier alpha value is -0.810. The first-order valence-electron chi connectivity index (χ1n) is 4.42. The van der Waals surface area contributed by atoms with Crippen LogP contribution in [0.1, 0.15) is 5.56 Å². The summed E-state index contributed by atoms with van der Waals surface area (Å²) in [5, 5.41) is 8.87. The molecule has 15 heavy (non-hydrogen) atoms. The quantitative estimate of drug-likeness (QED) is 0.861. The molecule has 84 valence electrons. The molecular formula is C10H12F2O2S. The maximum Gasteiger partial charge on any atom is 0.264 e. The number of benzene rings is 1. The summed E-state index contributed by atoms with van der Waals surface area (Å²) in [6, 6.07) is 6.73. The molecule has 1 N–H and O–H groups in total. The first-order valence-corrected chi connectivity index (χ1v) is 5.74. The fourth-order valence-corrected chi connectivity index (χ4v) is 2.10. The fraction of sp³-hybridized carbons (Fsp3) is 0.400.